The molecular formula is C39H67NO5. The fourth-order valence-electron chi connectivity index (χ4n) is 10.2. The molecule has 0 aromatic heterocycles. The van der Waals surface area contributed by atoms with Gasteiger partial charge in [0.25, 0.3) is 0 Å². The Morgan fingerprint density at radius 2 is 1.69 bits per heavy atom. The normalized spacial score (nSPS) is 33.4. The van der Waals surface area contributed by atoms with Crippen LogP contribution >= 0.6 is 0 Å². The van der Waals surface area contributed by atoms with Crippen LogP contribution in [0.15, 0.2) is 11.6 Å². The van der Waals surface area contributed by atoms with Crippen LogP contribution in [-0.4, -0.2) is 37.1 Å². The Labute approximate surface area is 275 Å². The van der Waals surface area contributed by atoms with E-state index in [0.717, 1.165) is 80.5 Å². The fraction of sp³-hybridized carbons (Fsp3) is 0.897. The molecule has 3 saturated carbocycles. The van der Waals surface area contributed by atoms with Gasteiger partial charge in [-0.25, -0.2) is 9.59 Å². The number of amides is 1. The molecule has 45 heavy (non-hydrogen) atoms. The molecule has 8 atom stereocenters. The first-order valence-corrected chi connectivity index (χ1v) is 18.7. The van der Waals surface area contributed by atoms with Crippen LogP contribution in [0.4, 0.5) is 9.59 Å². The van der Waals surface area contributed by atoms with E-state index in [4.69, 9.17) is 14.2 Å². The Balaban J connectivity index is 1.18. The maximum absolute atomic E-state index is 12.5. The van der Waals surface area contributed by atoms with Gasteiger partial charge in [-0.1, -0.05) is 72.0 Å². The smallest absolute Gasteiger partial charge is 0.444 e. The first-order valence-electron chi connectivity index (χ1n) is 18.7. The highest BCUT2D eigenvalue weighted by atomic mass is 16.7. The van der Waals surface area contributed by atoms with Gasteiger partial charge >= 0.3 is 12.2 Å². The van der Waals surface area contributed by atoms with Crippen LogP contribution in [0.1, 0.15) is 152 Å². The lowest BCUT2D eigenvalue weighted by Crippen LogP contribution is -2.51. The second kappa shape index (κ2) is 15.5. The van der Waals surface area contributed by atoms with Crippen molar-refractivity contribution < 1.29 is 23.8 Å². The van der Waals surface area contributed by atoms with E-state index in [9.17, 15) is 9.59 Å². The minimum absolute atomic E-state index is 0.0660. The highest BCUT2D eigenvalue weighted by Crippen LogP contribution is 2.67. The molecule has 3 fully saturated rings. The number of carbonyl (C=O) groups excluding carboxylic acids is 2. The molecule has 0 unspecified atom stereocenters. The number of hydrogen-bond acceptors (Lipinski definition) is 5. The molecule has 0 aromatic rings. The Morgan fingerprint density at radius 3 is 2.42 bits per heavy atom. The standard InChI is InChI=1S/C39H67NO5/c1-27(2)14-13-15-28(3)32-18-19-33-31-17-16-29-26-30(20-22-38(29,7)34(31)21-23-39(32,33)8)44-36(42)43-25-12-10-9-11-24-40-35(41)45-37(4,5)6/h16,27-28,30-34H,9-15,17-26H2,1-8H3,(H,40,41)/t28-,30+,31+,32-,33+,34+,38+,39-/m1/s1. The van der Waals surface area contributed by atoms with Crippen molar-refractivity contribution in [3.05, 3.63) is 11.6 Å². The minimum Gasteiger partial charge on any atom is -0.444 e. The van der Waals surface area contributed by atoms with Gasteiger partial charge in [0, 0.05) is 13.0 Å². The Hall–Kier alpha value is -1.72. The van der Waals surface area contributed by atoms with Gasteiger partial charge < -0.3 is 19.5 Å². The second-order valence-electron chi connectivity index (χ2n) is 17.2. The first-order chi connectivity index (χ1) is 21.2. The Bertz CT molecular complexity index is 1020. The number of allylic oxidation sites excluding steroid dienone is 1. The molecule has 258 valence electrons. The molecule has 0 heterocycles. The summed E-state index contributed by atoms with van der Waals surface area (Å²) in [6.45, 7) is 19.0. The average molecular weight is 630 g/mol. The van der Waals surface area contributed by atoms with Crippen LogP contribution in [0.2, 0.25) is 0 Å². The maximum atomic E-state index is 12.5. The highest BCUT2D eigenvalue weighted by molar-refractivity contribution is 5.67. The van der Waals surface area contributed by atoms with Crippen LogP contribution in [0.3, 0.4) is 0 Å². The molecule has 0 saturated heterocycles. The van der Waals surface area contributed by atoms with Crippen molar-refractivity contribution in [2.24, 2.45) is 46.3 Å². The summed E-state index contributed by atoms with van der Waals surface area (Å²) in [4.78, 5) is 24.2. The van der Waals surface area contributed by atoms with Crippen LogP contribution in [-0.2, 0) is 14.2 Å². The maximum Gasteiger partial charge on any atom is 0.508 e. The number of alkyl carbamates (subject to hydrolysis) is 1. The summed E-state index contributed by atoms with van der Waals surface area (Å²) in [5.74, 6) is 5.02. The predicted molar refractivity (Wildman–Crippen MR) is 182 cm³/mol. The van der Waals surface area contributed by atoms with Crippen molar-refractivity contribution in [2.75, 3.05) is 13.2 Å². The zero-order chi connectivity index (χ0) is 32.8. The van der Waals surface area contributed by atoms with E-state index in [1.165, 1.54) is 51.4 Å². The summed E-state index contributed by atoms with van der Waals surface area (Å²) in [7, 11) is 0. The third-order valence-electron chi connectivity index (χ3n) is 12.5. The van der Waals surface area contributed by atoms with E-state index in [1.807, 2.05) is 20.8 Å². The van der Waals surface area contributed by atoms with Crippen molar-refractivity contribution >= 4 is 12.2 Å². The molecule has 1 N–H and O–H groups in total. The molecule has 4 aliphatic carbocycles. The average Bonchev–Trinajstić information content (AvgIpc) is 3.31. The van der Waals surface area contributed by atoms with Crippen LogP contribution in [0, 0.1) is 46.3 Å². The van der Waals surface area contributed by atoms with Gasteiger partial charge in [0.1, 0.15) is 11.7 Å². The lowest BCUT2D eigenvalue weighted by Gasteiger charge is -2.58. The number of nitrogens with one attached hydrogen (secondary N) is 1. The summed E-state index contributed by atoms with van der Waals surface area (Å²) in [6, 6.07) is 0. The Kier molecular flexibility index (Phi) is 12.4. The molecule has 0 spiro atoms. The minimum atomic E-state index is -0.516. The van der Waals surface area contributed by atoms with Crippen molar-refractivity contribution in [1.82, 2.24) is 5.32 Å². The van der Waals surface area contributed by atoms with Gasteiger partial charge in [0.2, 0.25) is 0 Å². The van der Waals surface area contributed by atoms with Crippen LogP contribution < -0.4 is 5.32 Å². The molecule has 0 aliphatic heterocycles. The lowest BCUT2D eigenvalue weighted by molar-refractivity contribution is -0.0617. The van der Waals surface area contributed by atoms with Crippen molar-refractivity contribution in [3.8, 4) is 0 Å². The SMILES string of the molecule is CC(C)CCC[C@@H](C)[C@H]1CC[C@H]2[C@@H]3CC=C4C[C@@H](OC(=O)OCCCCCCNC(=O)OC(C)(C)C)CC[C@]4(C)[C@H]3CC[C@]12C. The number of ether oxygens (including phenoxy) is 3. The summed E-state index contributed by atoms with van der Waals surface area (Å²) in [5.41, 5.74) is 1.84. The second-order valence-corrected chi connectivity index (χ2v) is 17.2. The first kappa shape index (κ1) is 36.1. The molecule has 4 aliphatic rings. The van der Waals surface area contributed by atoms with Gasteiger partial charge in [0.05, 0.1) is 6.61 Å². The van der Waals surface area contributed by atoms with Crippen molar-refractivity contribution in [2.45, 2.75) is 163 Å². The third kappa shape index (κ3) is 9.21. The van der Waals surface area contributed by atoms with Crippen LogP contribution in [0.5, 0.6) is 0 Å². The third-order valence-corrected chi connectivity index (χ3v) is 12.5. The lowest BCUT2D eigenvalue weighted by atomic mass is 9.47. The van der Waals surface area contributed by atoms with Crippen molar-refractivity contribution in [1.29, 1.82) is 0 Å². The Morgan fingerprint density at radius 1 is 0.933 bits per heavy atom. The number of fused-ring (bicyclic) bond motifs is 5. The zero-order valence-electron chi connectivity index (χ0n) is 30.2. The quantitative estimate of drug-likeness (QED) is 0.125. The van der Waals surface area contributed by atoms with Gasteiger partial charge in [0.15, 0.2) is 0 Å². The van der Waals surface area contributed by atoms with Gasteiger partial charge in [-0.15, -0.1) is 0 Å². The van der Waals surface area contributed by atoms with Gasteiger partial charge in [-0.3, -0.25) is 0 Å². The number of unbranched alkanes of at least 4 members (excludes halogenated alkanes) is 3. The van der Waals surface area contributed by atoms with E-state index >= 15 is 0 Å². The highest BCUT2D eigenvalue weighted by Gasteiger charge is 2.59. The molecule has 1 amide bonds. The molecule has 0 radical (unpaired) electrons. The van der Waals surface area contributed by atoms with E-state index in [1.54, 1.807) is 5.57 Å². The van der Waals surface area contributed by atoms with E-state index in [0.29, 0.717) is 18.6 Å². The summed E-state index contributed by atoms with van der Waals surface area (Å²) < 4.78 is 16.5. The summed E-state index contributed by atoms with van der Waals surface area (Å²) in [5, 5.41) is 2.79. The van der Waals surface area contributed by atoms with E-state index in [-0.39, 0.29) is 17.6 Å². The predicted octanol–water partition coefficient (Wildman–Crippen LogP) is 10.6. The fourth-order valence-corrected chi connectivity index (χ4v) is 10.2. The largest absolute Gasteiger partial charge is 0.508 e. The molecule has 6 heteroatoms. The number of rotatable bonds is 13. The van der Waals surface area contributed by atoms with Gasteiger partial charge in [-0.05, 0) is 131 Å². The molecule has 4 rings (SSSR count). The zero-order valence-corrected chi connectivity index (χ0v) is 30.2. The molecule has 0 aromatic carbocycles. The molecule has 0 bridgehead atoms. The van der Waals surface area contributed by atoms with Gasteiger partial charge in [-0.2, -0.15) is 0 Å². The number of carbonyl (C=O) groups is 2. The van der Waals surface area contributed by atoms with Crippen LogP contribution in [0.25, 0.3) is 0 Å². The summed E-state index contributed by atoms with van der Waals surface area (Å²) in [6.07, 6.45) is 19.1. The van der Waals surface area contributed by atoms with E-state index < -0.39 is 11.8 Å². The van der Waals surface area contributed by atoms with Crippen molar-refractivity contribution in [3.63, 3.8) is 0 Å². The molecule has 6 nitrogen and oxygen atoms in total. The monoisotopic (exact) mass is 630 g/mol. The number of hydrogen-bond donors (Lipinski definition) is 1. The summed E-state index contributed by atoms with van der Waals surface area (Å²) >= 11 is 0. The van der Waals surface area contributed by atoms with E-state index in [2.05, 4.69) is 46.0 Å². The topological polar surface area (TPSA) is 73.9 Å². The molecular weight excluding hydrogens is 562 g/mol.